The van der Waals surface area contributed by atoms with Crippen molar-refractivity contribution in [1.29, 1.82) is 0 Å². The molecule has 1 aliphatic heterocycles. The minimum Gasteiger partial charge on any atom is -0.317 e. The van der Waals surface area contributed by atoms with Crippen LogP contribution < -0.4 is 5.43 Å². The van der Waals surface area contributed by atoms with Gasteiger partial charge >= 0.3 is 6.03 Å². The van der Waals surface area contributed by atoms with E-state index in [1.807, 2.05) is 26.2 Å². The quantitative estimate of drug-likeness (QED) is 0.603. The van der Waals surface area contributed by atoms with Crippen molar-refractivity contribution >= 4 is 23.3 Å². The number of rotatable bonds is 10. The van der Waals surface area contributed by atoms with Crippen LogP contribution >= 0.6 is 11.3 Å². The Bertz CT molecular complexity index is 661. The molecule has 1 unspecified atom stereocenters. The van der Waals surface area contributed by atoms with E-state index < -0.39 is 6.04 Å². The lowest BCUT2D eigenvalue weighted by molar-refractivity contribution is -0.140. The average Bonchev–Trinajstić information content (AvgIpc) is 3.18. The number of thiazole rings is 1. The second-order valence-corrected chi connectivity index (χ2v) is 9.25. The van der Waals surface area contributed by atoms with E-state index in [1.165, 1.54) is 0 Å². The van der Waals surface area contributed by atoms with Crippen molar-refractivity contribution in [3.05, 3.63) is 16.1 Å². The predicted molar refractivity (Wildman–Crippen MR) is 113 cm³/mol. The smallest absolute Gasteiger partial charge is 0.317 e. The second kappa shape index (κ2) is 10.2. The van der Waals surface area contributed by atoms with Crippen LogP contribution in [0.5, 0.6) is 0 Å². The van der Waals surface area contributed by atoms with Gasteiger partial charge in [0.15, 0.2) is 0 Å². The Labute approximate surface area is 173 Å². The average molecular weight is 410 g/mol. The van der Waals surface area contributed by atoms with Crippen molar-refractivity contribution in [3.63, 3.8) is 0 Å². The predicted octanol–water partition coefficient (Wildman–Crippen LogP) is 3.11. The first kappa shape index (κ1) is 22.6. The van der Waals surface area contributed by atoms with Crippen molar-refractivity contribution in [2.24, 2.45) is 11.8 Å². The minimum absolute atomic E-state index is 0.0165. The lowest BCUT2D eigenvalue weighted by Crippen LogP contribution is -2.56. The van der Waals surface area contributed by atoms with Gasteiger partial charge in [-0.2, -0.15) is 0 Å². The summed E-state index contributed by atoms with van der Waals surface area (Å²) in [6, 6.07) is -0.529. The molecular formula is C20H35N5O2S. The Morgan fingerprint density at radius 3 is 2.57 bits per heavy atom. The molecule has 8 heteroatoms. The summed E-state index contributed by atoms with van der Waals surface area (Å²) in [5.74, 6) is 0.463. The number of aromatic nitrogens is 1. The fraction of sp³-hybridized carbons (Fsp3) is 0.750. The molecule has 1 aromatic rings. The molecule has 3 amide bonds. The molecule has 0 spiro atoms. The van der Waals surface area contributed by atoms with Crippen molar-refractivity contribution in [3.8, 4) is 0 Å². The molecular weight excluding hydrogens is 374 g/mol. The molecule has 0 bridgehead atoms. The van der Waals surface area contributed by atoms with Gasteiger partial charge in [0, 0.05) is 31.6 Å². The number of nitrogens with zero attached hydrogens (tertiary/aromatic N) is 4. The molecule has 2 heterocycles. The summed E-state index contributed by atoms with van der Waals surface area (Å²) < 4.78 is 0. The fourth-order valence-corrected chi connectivity index (χ4v) is 4.01. The van der Waals surface area contributed by atoms with Crippen LogP contribution in [0.15, 0.2) is 5.38 Å². The molecule has 0 saturated carbocycles. The SMILES string of the molecule is CCCN(NCC(C)C)C(=O)C(C(C)C)N1CCN(Cc2csc(C)n2)C1=O. The van der Waals surface area contributed by atoms with E-state index in [-0.39, 0.29) is 17.9 Å². The highest BCUT2D eigenvalue weighted by Gasteiger charge is 2.40. The van der Waals surface area contributed by atoms with E-state index >= 15 is 0 Å². The second-order valence-electron chi connectivity index (χ2n) is 8.19. The number of carbonyl (C=O) groups is 2. The summed E-state index contributed by atoms with van der Waals surface area (Å²) in [5, 5.41) is 4.71. The number of hydrogen-bond acceptors (Lipinski definition) is 5. The van der Waals surface area contributed by atoms with Crippen LogP contribution in [0, 0.1) is 18.8 Å². The third-order valence-corrected chi connectivity index (χ3v) is 5.59. The zero-order valence-corrected chi connectivity index (χ0v) is 18.9. The highest BCUT2D eigenvalue weighted by Crippen LogP contribution is 2.22. The van der Waals surface area contributed by atoms with Gasteiger partial charge in [-0.1, -0.05) is 34.6 Å². The highest BCUT2D eigenvalue weighted by molar-refractivity contribution is 7.09. The molecule has 1 aliphatic rings. The zero-order valence-electron chi connectivity index (χ0n) is 18.1. The summed E-state index contributed by atoms with van der Waals surface area (Å²) in [5.41, 5.74) is 4.18. The first-order chi connectivity index (χ1) is 13.2. The van der Waals surface area contributed by atoms with Crippen LogP contribution in [0.2, 0.25) is 0 Å². The molecule has 1 saturated heterocycles. The fourth-order valence-electron chi connectivity index (χ4n) is 3.40. The number of aryl methyl sites for hydroxylation is 1. The first-order valence-electron chi connectivity index (χ1n) is 10.3. The standard InChI is InChI=1S/C20H35N5O2S/c1-7-8-25(21-11-14(2)3)19(26)18(15(4)5)24-10-9-23(20(24)27)12-17-13-28-16(6)22-17/h13-15,18,21H,7-12H2,1-6H3. The molecule has 0 aliphatic carbocycles. The number of carbonyl (C=O) groups excluding carboxylic acids is 2. The summed E-state index contributed by atoms with van der Waals surface area (Å²) in [4.78, 5) is 34.4. The van der Waals surface area contributed by atoms with Gasteiger partial charge in [0.25, 0.3) is 5.91 Å². The van der Waals surface area contributed by atoms with Gasteiger partial charge in [-0.15, -0.1) is 11.3 Å². The van der Waals surface area contributed by atoms with E-state index in [4.69, 9.17) is 0 Å². The number of nitrogens with one attached hydrogen (secondary N) is 1. The van der Waals surface area contributed by atoms with E-state index in [9.17, 15) is 9.59 Å². The first-order valence-corrected chi connectivity index (χ1v) is 11.1. The molecule has 0 radical (unpaired) electrons. The van der Waals surface area contributed by atoms with Crippen molar-refractivity contribution in [1.82, 2.24) is 25.2 Å². The molecule has 1 atom stereocenters. The largest absolute Gasteiger partial charge is 0.321 e. The third kappa shape index (κ3) is 5.67. The highest BCUT2D eigenvalue weighted by atomic mass is 32.1. The molecule has 1 fully saturated rings. The van der Waals surface area contributed by atoms with Gasteiger partial charge in [0.1, 0.15) is 6.04 Å². The van der Waals surface area contributed by atoms with Crippen LogP contribution in [0.25, 0.3) is 0 Å². The number of hydrogen-bond donors (Lipinski definition) is 1. The van der Waals surface area contributed by atoms with Gasteiger partial charge < -0.3 is 9.80 Å². The van der Waals surface area contributed by atoms with E-state index in [0.717, 1.165) is 23.7 Å². The molecule has 0 aromatic carbocycles. The Morgan fingerprint density at radius 2 is 2.04 bits per heavy atom. The third-order valence-electron chi connectivity index (χ3n) is 4.77. The maximum Gasteiger partial charge on any atom is 0.321 e. The summed E-state index contributed by atoms with van der Waals surface area (Å²) in [6.45, 7) is 15.3. The molecule has 1 N–H and O–H groups in total. The van der Waals surface area contributed by atoms with Crippen molar-refractivity contribution in [2.45, 2.75) is 60.5 Å². The van der Waals surface area contributed by atoms with Gasteiger partial charge in [-0.3, -0.25) is 9.80 Å². The van der Waals surface area contributed by atoms with E-state index in [2.05, 4.69) is 31.2 Å². The lowest BCUT2D eigenvalue weighted by atomic mass is 10.0. The van der Waals surface area contributed by atoms with Crippen molar-refractivity contribution < 1.29 is 9.59 Å². The Hall–Kier alpha value is -1.67. The Morgan fingerprint density at radius 1 is 1.32 bits per heavy atom. The van der Waals surface area contributed by atoms with Crippen LogP contribution in [0.1, 0.15) is 51.7 Å². The number of urea groups is 1. The van der Waals surface area contributed by atoms with Gasteiger partial charge in [0.2, 0.25) is 0 Å². The van der Waals surface area contributed by atoms with E-state index in [0.29, 0.717) is 32.1 Å². The van der Waals surface area contributed by atoms with Crippen LogP contribution in [0.3, 0.4) is 0 Å². The topological polar surface area (TPSA) is 68.8 Å². The van der Waals surface area contributed by atoms with E-state index in [1.54, 1.807) is 26.1 Å². The summed E-state index contributed by atoms with van der Waals surface area (Å²) >= 11 is 1.59. The molecule has 158 valence electrons. The molecule has 2 rings (SSSR count). The Kier molecular flexibility index (Phi) is 8.24. The normalized spacial score (nSPS) is 15.8. The Balaban J connectivity index is 2.11. The monoisotopic (exact) mass is 409 g/mol. The summed E-state index contributed by atoms with van der Waals surface area (Å²) in [6.07, 6.45) is 0.866. The van der Waals surface area contributed by atoms with Crippen LogP contribution in [-0.4, -0.2) is 64.0 Å². The molecule has 28 heavy (non-hydrogen) atoms. The maximum atomic E-state index is 13.3. The number of hydrazine groups is 1. The minimum atomic E-state index is -0.458. The molecule has 7 nitrogen and oxygen atoms in total. The summed E-state index contributed by atoms with van der Waals surface area (Å²) in [7, 11) is 0. The van der Waals surface area contributed by atoms with Crippen LogP contribution in [-0.2, 0) is 11.3 Å². The van der Waals surface area contributed by atoms with Crippen LogP contribution in [0.4, 0.5) is 4.79 Å². The lowest BCUT2D eigenvalue weighted by Gasteiger charge is -2.35. The number of amides is 3. The zero-order chi connectivity index (χ0) is 20.8. The van der Waals surface area contributed by atoms with Crippen molar-refractivity contribution in [2.75, 3.05) is 26.2 Å². The van der Waals surface area contributed by atoms with Gasteiger partial charge in [-0.25, -0.2) is 15.2 Å². The van der Waals surface area contributed by atoms with Gasteiger partial charge in [-0.05, 0) is 25.2 Å². The molecule has 1 aromatic heterocycles. The van der Waals surface area contributed by atoms with Gasteiger partial charge in [0.05, 0.1) is 17.2 Å². The maximum absolute atomic E-state index is 13.3.